The van der Waals surface area contributed by atoms with Crippen LogP contribution in [0.15, 0.2) is 0 Å². The average Bonchev–Trinajstić information content (AvgIpc) is 1.95. The normalized spacial score (nSPS) is 11.4. The second-order valence-corrected chi connectivity index (χ2v) is 4.37. The molecule has 4 heteroatoms. The number of carboxylic acid groups (broad SMARTS) is 1. The van der Waals surface area contributed by atoms with Crippen molar-refractivity contribution in [1.29, 1.82) is 0 Å². The van der Waals surface area contributed by atoms with Gasteiger partial charge in [-0.3, -0.25) is 0 Å². The summed E-state index contributed by atoms with van der Waals surface area (Å²) in [4.78, 5) is 12.0. The Hall–Kier alpha value is -0.770. The van der Waals surface area contributed by atoms with Crippen LogP contribution >= 0.6 is 0 Å². The van der Waals surface area contributed by atoms with Crippen molar-refractivity contribution in [2.24, 2.45) is 11.1 Å². The van der Waals surface area contributed by atoms with Crippen LogP contribution in [0, 0.1) is 5.41 Å². The molecule has 13 heavy (non-hydrogen) atoms. The van der Waals surface area contributed by atoms with E-state index in [-0.39, 0.29) is 5.41 Å². The van der Waals surface area contributed by atoms with Crippen LogP contribution < -0.4 is 5.73 Å². The molecule has 0 saturated heterocycles. The molecule has 3 N–H and O–H groups in total. The fourth-order valence-corrected chi connectivity index (χ4v) is 0.929. The Labute approximate surface area is 79.7 Å². The first-order valence-corrected chi connectivity index (χ1v) is 4.55. The highest BCUT2D eigenvalue weighted by Crippen LogP contribution is 2.18. The van der Waals surface area contributed by atoms with Gasteiger partial charge in [0.25, 0.3) is 0 Å². The van der Waals surface area contributed by atoms with Crippen LogP contribution in [0.1, 0.15) is 27.2 Å². The van der Waals surface area contributed by atoms with E-state index in [4.69, 9.17) is 10.8 Å². The van der Waals surface area contributed by atoms with Crippen molar-refractivity contribution in [2.75, 3.05) is 19.6 Å². The van der Waals surface area contributed by atoms with E-state index in [2.05, 4.69) is 20.8 Å². The summed E-state index contributed by atoms with van der Waals surface area (Å²) in [5.74, 6) is 0. The Morgan fingerprint density at radius 1 is 1.38 bits per heavy atom. The molecule has 0 fully saturated rings. The molecule has 0 unspecified atom stereocenters. The number of nitrogens with two attached hydrogens (primary N) is 1. The second-order valence-electron chi connectivity index (χ2n) is 4.37. The van der Waals surface area contributed by atoms with Gasteiger partial charge in [0.15, 0.2) is 0 Å². The van der Waals surface area contributed by atoms with Gasteiger partial charge in [-0.15, -0.1) is 0 Å². The largest absolute Gasteiger partial charge is 0.465 e. The molecule has 0 spiro atoms. The van der Waals surface area contributed by atoms with E-state index in [0.29, 0.717) is 19.6 Å². The zero-order chi connectivity index (χ0) is 10.5. The molecule has 0 atom stereocenters. The molecule has 0 radical (unpaired) electrons. The molecule has 78 valence electrons. The molecule has 0 aromatic rings. The topological polar surface area (TPSA) is 66.6 Å². The summed E-state index contributed by atoms with van der Waals surface area (Å²) >= 11 is 0. The van der Waals surface area contributed by atoms with Crippen molar-refractivity contribution in [1.82, 2.24) is 4.90 Å². The molecular formula is C9H20N2O2. The molecule has 0 bridgehead atoms. The van der Waals surface area contributed by atoms with Gasteiger partial charge in [-0.25, -0.2) is 4.79 Å². The number of hydrogen-bond acceptors (Lipinski definition) is 2. The smallest absolute Gasteiger partial charge is 0.407 e. The maximum Gasteiger partial charge on any atom is 0.407 e. The predicted molar refractivity (Wildman–Crippen MR) is 52.7 cm³/mol. The standard InChI is InChI=1S/C9H20N2O2/c1-9(2,3)4-6-11(7-5-10)8(12)13/h4-7,10H2,1-3H3,(H,12,13). The van der Waals surface area contributed by atoms with Crippen molar-refractivity contribution in [3.63, 3.8) is 0 Å². The minimum absolute atomic E-state index is 0.169. The third kappa shape index (κ3) is 6.40. The van der Waals surface area contributed by atoms with E-state index < -0.39 is 6.09 Å². The Bertz CT molecular complexity index is 163. The summed E-state index contributed by atoms with van der Waals surface area (Å²) < 4.78 is 0. The van der Waals surface area contributed by atoms with E-state index in [0.717, 1.165) is 6.42 Å². The van der Waals surface area contributed by atoms with E-state index >= 15 is 0 Å². The van der Waals surface area contributed by atoms with Crippen LogP contribution in [0.4, 0.5) is 4.79 Å². The molecular weight excluding hydrogens is 168 g/mol. The van der Waals surface area contributed by atoms with Gasteiger partial charge >= 0.3 is 6.09 Å². The number of amides is 1. The summed E-state index contributed by atoms with van der Waals surface area (Å²) in [6.45, 7) is 7.65. The average molecular weight is 188 g/mol. The minimum Gasteiger partial charge on any atom is -0.465 e. The molecule has 0 aromatic carbocycles. The van der Waals surface area contributed by atoms with Crippen molar-refractivity contribution in [2.45, 2.75) is 27.2 Å². The van der Waals surface area contributed by atoms with Crippen LogP contribution in [-0.2, 0) is 0 Å². The van der Waals surface area contributed by atoms with Gasteiger partial charge in [-0.1, -0.05) is 20.8 Å². The van der Waals surface area contributed by atoms with Gasteiger partial charge in [-0.2, -0.15) is 0 Å². The molecule has 1 amide bonds. The zero-order valence-electron chi connectivity index (χ0n) is 8.71. The van der Waals surface area contributed by atoms with Crippen molar-refractivity contribution < 1.29 is 9.90 Å². The first-order valence-electron chi connectivity index (χ1n) is 4.55. The third-order valence-corrected chi connectivity index (χ3v) is 1.80. The third-order valence-electron chi connectivity index (χ3n) is 1.80. The highest BCUT2D eigenvalue weighted by Gasteiger charge is 2.15. The Kier molecular flexibility index (Phi) is 4.77. The lowest BCUT2D eigenvalue weighted by Gasteiger charge is -2.24. The second kappa shape index (κ2) is 5.07. The van der Waals surface area contributed by atoms with Crippen molar-refractivity contribution in [3.8, 4) is 0 Å². The molecule has 0 aromatic heterocycles. The van der Waals surface area contributed by atoms with Crippen LogP contribution in [0.5, 0.6) is 0 Å². The van der Waals surface area contributed by atoms with Gasteiger partial charge < -0.3 is 15.7 Å². The zero-order valence-corrected chi connectivity index (χ0v) is 8.71. The molecule has 0 heterocycles. The summed E-state index contributed by atoms with van der Waals surface area (Å²) in [5.41, 5.74) is 5.47. The molecule has 0 saturated carbocycles. The summed E-state index contributed by atoms with van der Waals surface area (Å²) in [7, 11) is 0. The summed E-state index contributed by atoms with van der Waals surface area (Å²) in [6, 6.07) is 0. The molecule has 0 aliphatic carbocycles. The van der Waals surface area contributed by atoms with Gasteiger partial charge in [0.05, 0.1) is 0 Å². The van der Waals surface area contributed by atoms with Crippen LogP contribution in [-0.4, -0.2) is 35.7 Å². The highest BCUT2D eigenvalue weighted by atomic mass is 16.4. The number of carbonyl (C=O) groups is 1. The Morgan fingerprint density at radius 3 is 2.23 bits per heavy atom. The van der Waals surface area contributed by atoms with Crippen LogP contribution in [0.25, 0.3) is 0 Å². The Balaban J connectivity index is 3.90. The van der Waals surface area contributed by atoms with Gasteiger partial charge in [0.1, 0.15) is 0 Å². The molecule has 0 aliphatic heterocycles. The first kappa shape index (κ1) is 12.2. The first-order chi connectivity index (χ1) is 5.87. The lowest BCUT2D eigenvalue weighted by molar-refractivity contribution is 0.140. The SMILES string of the molecule is CC(C)(C)CCN(CCN)C(=O)O. The maximum atomic E-state index is 10.7. The predicted octanol–water partition coefficient (Wildman–Crippen LogP) is 1.36. The summed E-state index contributed by atoms with van der Waals surface area (Å²) in [6.07, 6.45) is -0.0195. The van der Waals surface area contributed by atoms with E-state index in [9.17, 15) is 4.79 Å². The van der Waals surface area contributed by atoms with Crippen LogP contribution in [0.3, 0.4) is 0 Å². The number of nitrogens with zero attached hydrogens (tertiary/aromatic N) is 1. The number of rotatable bonds is 4. The van der Waals surface area contributed by atoms with Gasteiger partial charge in [-0.05, 0) is 11.8 Å². The number of hydrogen-bond donors (Lipinski definition) is 2. The fourth-order valence-electron chi connectivity index (χ4n) is 0.929. The van der Waals surface area contributed by atoms with E-state index in [1.165, 1.54) is 4.90 Å². The lowest BCUT2D eigenvalue weighted by Crippen LogP contribution is -2.36. The molecule has 4 nitrogen and oxygen atoms in total. The van der Waals surface area contributed by atoms with E-state index in [1.54, 1.807) is 0 Å². The minimum atomic E-state index is -0.880. The van der Waals surface area contributed by atoms with Crippen molar-refractivity contribution in [3.05, 3.63) is 0 Å². The van der Waals surface area contributed by atoms with Crippen LogP contribution in [0.2, 0.25) is 0 Å². The van der Waals surface area contributed by atoms with Crippen molar-refractivity contribution >= 4 is 6.09 Å². The van der Waals surface area contributed by atoms with Gasteiger partial charge in [0.2, 0.25) is 0 Å². The quantitative estimate of drug-likeness (QED) is 0.700. The highest BCUT2D eigenvalue weighted by molar-refractivity contribution is 5.64. The summed E-state index contributed by atoms with van der Waals surface area (Å²) in [5, 5.41) is 8.77. The monoisotopic (exact) mass is 188 g/mol. The molecule has 0 aliphatic rings. The Morgan fingerprint density at radius 2 is 1.92 bits per heavy atom. The van der Waals surface area contributed by atoms with Gasteiger partial charge in [0, 0.05) is 19.6 Å². The maximum absolute atomic E-state index is 10.7. The lowest BCUT2D eigenvalue weighted by atomic mass is 9.92. The molecule has 0 rings (SSSR count). The fraction of sp³-hybridized carbons (Fsp3) is 0.889. The van der Waals surface area contributed by atoms with E-state index in [1.807, 2.05) is 0 Å².